The maximum Gasteiger partial charge on any atom is 0.116 e. The minimum atomic E-state index is 0.216. The van der Waals surface area contributed by atoms with Crippen LogP contribution >= 0.6 is 11.3 Å². The molecule has 0 radical (unpaired) electrons. The summed E-state index contributed by atoms with van der Waals surface area (Å²) in [5, 5.41) is 22.2. The fraction of sp³-hybridized carbons (Fsp3) is 0.333. The molecule has 0 saturated carbocycles. The molecule has 24 heavy (non-hydrogen) atoms. The van der Waals surface area contributed by atoms with Crippen molar-refractivity contribution in [3.8, 4) is 11.5 Å². The highest BCUT2D eigenvalue weighted by Crippen LogP contribution is 2.23. The van der Waals surface area contributed by atoms with Crippen LogP contribution in [0.5, 0.6) is 11.5 Å². The number of benzene rings is 2. The Hall–Kier alpha value is -2.00. The lowest BCUT2D eigenvalue weighted by molar-refractivity contribution is 0.474. The van der Waals surface area contributed by atoms with Gasteiger partial charge < -0.3 is 10.2 Å². The van der Waals surface area contributed by atoms with Gasteiger partial charge in [-0.3, -0.25) is 0 Å². The molecule has 1 aromatic heterocycles. The molecule has 0 atom stereocenters. The van der Waals surface area contributed by atoms with Gasteiger partial charge in [0.2, 0.25) is 0 Å². The highest BCUT2D eigenvalue weighted by atomic mass is 32.1. The van der Waals surface area contributed by atoms with E-state index in [-0.39, 0.29) is 11.5 Å². The Morgan fingerprint density at radius 1 is 0.792 bits per heavy atom. The second-order valence-corrected chi connectivity index (χ2v) is 5.89. The van der Waals surface area contributed by atoms with Gasteiger partial charge in [0, 0.05) is 4.88 Å². The van der Waals surface area contributed by atoms with Crippen LogP contribution in [0.4, 0.5) is 0 Å². The number of aromatic hydroxyl groups is 2. The topological polar surface area (TPSA) is 40.5 Å². The second kappa shape index (κ2) is 13.4. The van der Waals surface area contributed by atoms with Gasteiger partial charge in [0.25, 0.3) is 0 Å². The van der Waals surface area contributed by atoms with E-state index in [1.807, 2.05) is 37.3 Å². The number of phenolic OH excluding ortho intramolecular Hbond substituents is 2. The van der Waals surface area contributed by atoms with Gasteiger partial charge in [0.05, 0.1) is 0 Å². The molecule has 2 nitrogen and oxygen atoms in total. The molecule has 0 aliphatic rings. The van der Waals surface area contributed by atoms with Crippen LogP contribution in [0.3, 0.4) is 0 Å². The van der Waals surface area contributed by atoms with Gasteiger partial charge in [-0.15, -0.1) is 11.3 Å². The molecule has 0 saturated heterocycles. The van der Waals surface area contributed by atoms with Crippen LogP contribution in [0.15, 0.2) is 53.9 Å². The molecule has 0 spiro atoms. The third-order valence-electron chi connectivity index (χ3n) is 2.74. The van der Waals surface area contributed by atoms with E-state index in [2.05, 4.69) is 38.3 Å². The lowest BCUT2D eigenvalue weighted by atomic mass is 10.1. The number of hydrogen-bond donors (Lipinski definition) is 2. The van der Waals surface area contributed by atoms with Crippen molar-refractivity contribution in [1.29, 1.82) is 0 Å². The molecule has 0 aliphatic carbocycles. The third-order valence-corrected chi connectivity index (χ3v) is 3.76. The molecule has 0 bridgehead atoms. The molecular formula is C21H30O2S. The highest BCUT2D eigenvalue weighted by Gasteiger charge is 1.95. The lowest BCUT2D eigenvalue weighted by Crippen LogP contribution is -1.71. The molecule has 3 rings (SSSR count). The van der Waals surface area contributed by atoms with Gasteiger partial charge in [-0.2, -0.15) is 0 Å². The molecule has 0 unspecified atom stereocenters. The van der Waals surface area contributed by atoms with Crippen molar-refractivity contribution in [3.63, 3.8) is 0 Å². The van der Waals surface area contributed by atoms with Crippen LogP contribution in [0.25, 0.3) is 10.8 Å². The molecule has 0 amide bonds. The number of fused-ring (bicyclic) bond motifs is 1. The van der Waals surface area contributed by atoms with Crippen LogP contribution in [0, 0.1) is 0 Å². The molecule has 0 fully saturated rings. The molecule has 0 aliphatic heterocycles. The van der Waals surface area contributed by atoms with Gasteiger partial charge in [-0.1, -0.05) is 59.2 Å². The van der Waals surface area contributed by atoms with Crippen molar-refractivity contribution in [2.24, 2.45) is 0 Å². The van der Waals surface area contributed by atoms with Gasteiger partial charge in [0.15, 0.2) is 0 Å². The Bertz CT molecular complexity index is 624. The Labute approximate surface area is 150 Å². The number of thiophene rings is 1. The predicted molar refractivity (Wildman–Crippen MR) is 108 cm³/mol. The predicted octanol–water partition coefficient (Wildman–Crippen LogP) is 7.00. The van der Waals surface area contributed by atoms with Crippen molar-refractivity contribution in [3.05, 3.63) is 58.8 Å². The van der Waals surface area contributed by atoms with Crippen LogP contribution in [-0.4, -0.2) is 10.2 Å². The second-order valence-electron chi connectivity index (χ2n) is 4.86. The summed E-state index contributed by atoms with van der Waals surface area (Å²) in [6.07, 6.45) is 2.43. The zero-order valence-corrected chi connectivity index (χ0v) is 16.2. The smallest absolute Gasteiger partial charge is 0.116 e. The molecule has 3 heteroatoms. The van der Waals surface area contributed by atoms with Crippen molar-refractivity contribution in [2.45, 2.75) is 47.5 Å². The van der Waals surface area contributed by atoms with Crippen molar-refractivity contribution in [1.82, 2.24) is 0 Å². The Kier molecular flexibility index (Phi) is 12.3. The third kappa shape index (κ3) is 8.59. The van der Waals surface area contributed by atoms with Crippen molar-refractivity contribution in [2.75, 3.05) is 0 Å². The van der Waals surface area contributed by atoms with E-state index < -0.39 is 0 Å². The van der Waals surface area contributed by atoms with E-state index in [0.717, 1.165) is 10.8 Å². The number of aryl methyl sites for hydroxylation is 1. The van der Waals surface area contributed by atoms with Crippen molar-refractivity contribution < 1.29 is 10.2 Å². The minimum absolute atomic E-state index is 0.216. The van der Waals surface area contributed by atoms with Gasteiger partial charge in [0.1, 0.15) is 11.5 Å². The quantitative estimate of drug-likeness (QED) is 0.498. The average Bonchev–Trinajstić information content (AvgIpc) is 3.11. The van der Waals surface area contributed by atoms with E-state index in [0.29, 0.717) is 0 Å². The highest BCUT2D eigenvalue weighted by molar-refractivity contribution is 7.09. The first-order valence-corrected chi connectivity index (χ1v) is 9.42. The van der Waals surface area contributed by atoms with Crippen LogP contribution in [0.2, 0.25) is 0 Å². The molecule has 2 aromatic carbocycles. The first-order chi connectivity index (χ1) is 11.6. The SMILES string of the molecule is CC.CCC.CCc1cccs1.Oc1ccc2ccc(O)cc2c1. The van der Waals surface area contributed by atoms with E-state index in [9.17, 15) is 0 Å². The molecule has 132 valence electrons. The monoisotopic (exact) mass is 346 g/mol. The zero-order valence-electron chi connectivity index (χ0n) is 15.4. The number of hydrogen-bond acceptors (Lipinski definition) is 3. The largest absolute Gasteiger partial charge is 0.508 e. The molecule has 1 heterocycles. The van der Waals surface area contributed by atoms with Crippen molar-refractivity contribution >= 4 is 22.1 Å². The normalized spacial score (nSPS) is 8.88. The first kappa shape index (κ1) is 22.0. The summed E-state index contributed by atoms with van der Waals surface area (Å²) < 4.78 is 0. The molecule has 3 aromatic rings. The summed E-state index contributed by atoms with van der Waals surface area (Å²) in [6, 6.07) is 14.4. The minimum Gasteiger partial charge on any atom is -0.508 e. The van der Waals surface area contributed by atoms with Crippen LogP contribution < -0.4 is 0 Å². The lowest BCUT2D eigenvalue weighted by Gasteiger charge is -1.98. The van der Waals surface area contributed by atoms with Gasteiger partial charge >= 0.3 is 0 Å². The van der Waals surface area contributed by atoms with E-state index in [4.69, 9.17) is 10.2 Å². The van der Waals surface area contributed by atoms with E-state index in [1.54, 1.807) is 24.3 Å². The average molecular weight is 347 g/mol. The Morgan fingerprint density at radius 2 is 1.29 bits per heavy atom. The molecular weight excluding hydrogens is 316 g/mol. The Balaban J connectivity index is 0.000000376. The van der Waals surface area contributed by atoms with E-state index in [1.165, 1.54) is 17.7 Å². The number of phenols is 2. The fourth-order valence-corrected chi connectivity index (χ4v) is 2.39. The van der Waals surface area contributed by atoms with Crippen LogP contribution in [-0.2, 0) is 6.42 Å². The van der Waals surface area contributed by atoms with E-state index >= 15 is 0 Å². The standard InChI is InChI=1S/C10H8O2.C6H8S.C3H8.C2H6/c11-9-3-1-7-2-4-10(12)6-8(7)5-9;1-2-6-4-3-5-7-6;1-3-2;1-2/h1-6,11-12H;3-5H,2H2,1H3;3H2,1-2H3;1-2H3. The summed E-state index contributed by atoms with van der Waals surface area (Å²) >= 11 is 1.82. The number of rotatable bonds is 1. The summed E-state index contributed by atoms with van der Waals surface area (Å²) in [5.41, 5.74) is 0. The zero-order chi connectivity index (χ0) is 18.4. The summed E-state index contributed by atoms with van der Waals surface area (Å²) in [4.78, 5) is 1.47. The maximum absolute atomic E-state index is 9.14. The fourth-order valence-electron chi connectivity index (χ4n) is 1.74. The first-order valence-electron chi connectivity index (χ1n) is 8.54. The van der Waals surface area contributed by atoms with Crippen LogP contribution in [0.1, 0.15) is 45.9 Å². The molecule has 2 N–H and O–H groups in total. The maximum atomic E-state index is 9.14. The van der Waals surface area contributed by atoms with Gasteiger partial charge in [-0.25, -0.2) is 0 Å². The summed E-state index contributed by atoms with van der Waals surface area (Å²) in [6.45, 7) is 10.4. The van der Waals surface area contributed by atoms with Gasteiger partial charge in [-0.05, 0) is 52.9 Å². The summed E-state index contributed by atoms with van der Waals surface area (Å²) in [7, 11) is 0. The Morgan fingerprint density at radius 3 is 1.62 bits per heavy atom. The summed E-state index contributed by atoms with van der Waals surface area (Å²) in [5.74, 6) is 0.432.